The summed E-state index contributed by atoms with van der Waals surface area (Å²) >= 11 is 12.5. The fourth-order valence-electron chi connectivity index (χ4n) is 2.24. The second-order valence-corrected chi connectivity index (χ2v) is 5.91. The predicted molar refractivity (Wildman–Crippen MR) is 100 cm³/mol. The minimum atomic E-state index is 0.138. The van der Waals surface area contributed by atoms with Crippen molar-refractivity contribution in [2.75, 3.05) is 18.5 Å². The van der Waals surface area contributed by atoms with E-state index in [1.165, 1.54) is 0 Å². The standard InChI is InChI=1S/C19H19Cl2NO2/c1-4-9-24-19-16(21)10-14(11-18(19)23-5-2)12-22-17-8-6-7-15(20)13(17)3/h1,6-8,10-11,22H,5,9,12H2,2-3H3. The van der Waals surface area contributed by atoms with Gasteiger partial charge in [-0.3, -0.25) is 0 Å². The molecule has 0 heterocycles. The van der Waals surface area contributed by atoms with Gasteiger partial charge in [0.05, 0.1) is 11.6 Å². The van der Waals surface area contributed by atoms with E-state index in [9.17, 15) is 0 Å². The van der Waals surface area contributed by atoms with Crippen molar-refractivity contribution >= 4 is 28.9 Å². The topological polar surface area (TPSA) is 30.5 Å². The molecule has 0 aliphatic rings. The number of hydrogen-bond donors (Lipinski definition) is 1. The van der Waals surface area contributed by atoms with Crippen LogP contribution in [-0.4, -0.2) is 13.2 Å². The second kappa shape index (κ2) is 8.73. The third-order valence-corrected chi connectivity index (χ3v) is 4.11. The van der Waals surface area contributed by atoms with Crippen LogP contribution in [0.1, 0.15) is 18.1 Å². The highest BCUT2D eigenvalue weighted by Crippen LogP contribution is 2.37. The molecule has 0 saturated heterocycles. The fourth-order valence-corrected chi connectivity index (χ4v) is 2.70. The van der Waals surface area contributed by atoms with Gasteiger partial charge >= 0.3 is 0 Å². The fraction of sp³-hybridized carbons (Fsp3) is 0.263. The van der Waals surface area contributed by atoms with Gasteiger partial charge in [-0.05, 0) is 49.2 Å². The Morgan fingerprint density at radius 3 is 2.67 bits per heavy atom. The Morgan fingerprint density at radius 1 is 1.17 bits per heavy atom. The molecule has 0 aliphatic carbocycles. The van der Waals surface area contributed by atoms with E-state index in [2.05, 4.69) is 11.2 Å². The Bertz CT molecular complexity index is 754. The number of hydrogen-bond acceptors (Lipinski definition) is 3. The minimum Gasteiger partial charge on any atom is -0.490 e. The number of rotatable bonds is 7. The summed E-state index contributed by atoms with van der Waals surface area (Å²) in [5.74, 6) is 3.48. The van der Waals surface area contributed by atoms with Gasteiger partial charge in [-0.15, -0.1) is 6.42 Å². The molecular weight excluding hydrogens is 345 g/mol. The smallest absolute Gasteiger partial charge is 0.181 e. The van der Waals surface area contributed by atoms with E-state index in [4.69, 9.17) is 39.1 Å². The summed E-state index contributed by atoms with van der Waals surface area (Å²) in [6.45, 7) is 5.10. The van der Waals surface area contributed by atoms with Crippen LogP contribution < -0.4 is 14.8 Å². The summed E-state index contributed by atoms with van der Waals surface area (Å²) in [5, 5.41) is 4.55. The molecule has 2 aromatic carbocycles. The summed E-state index contributed by atoms with van der Waals surface area (Å²) in [6, 6.07) is 9.49. The molecule has 126 valence electrons. The molecule has 3 nitrogen and oxygen atoms in total. The first-order valence-corrected chi connectivity index (χ1v) is 8.32. The lowest BCUT2D eigenvalue weighted by molar-refractivity contribution is 0.299. The summed E-state index contributed by atoms with van der Waals surface area (Å²) < 4.78 is 11.1. The monoisotopic (exact) mass is 363 g/mol. The van der Waals surface area contributed by atoms with Crippen LogP contribution >= 0.6 is 23.2 Å². The number of halogens is 2. The van der Waals surface area contributed by atoms with Crippen LogP contribution in [0, 0.1) is 19.3 Å². The van der Waals surface area contributed by atoms with Gasteiger partial charge in [0.2, 0.25) is 0 Å². The molecule has 0 radical (unpaired) electrons. The molecule has 0 saturated carbocycles. The number of terminal acetylenes is 1. The van der Waals surface area contributed by atoms with E-state index < -0.39 is 0 Å². The first-order chi connectivity index (χ1) is 11.6. The van der Waals surface area contributed by atoms with Crippen molar-refractivity contribution in [3.05, 3.63) is 51.5 Å². The summed E-state index contributed by atoms with van der Waals surface area (Å²) in [5.41, 5.74) is 2.95. The zero-order valence-electron chi connectivity index (χ0n) is 13.7. The molecule has 0 amide bonds. The zero-order chi connectivity index (χ0) is 17.5. The molecule has 2 rings (SSSR count). The van der Waals surface area contributed by atoms with Gasteiger partial charge in [0, 0.05) is 17.3 Å². The van der Waals surface area contributed by atoms with Gasteiger partial charge in [-0.25, -0.2) is 0 Å². The van der Waals surface area contributed by atoms with Crippen molar-refractivity contribution < 1.29 is 9.47 Å². The Kier molecular flexibility index (Phi) is 6.66. The average molecular weight is 364 g/mol. The van der Waals surface area contributed by atoms with E-state index in [0.717, 1.165) is 21.8 Å². The van der Waals surface area contributed by atoms with Gasteiger partial charge in [0.25, 0.3) is 0 Å². The van der Waals surface area contributed by atoms with E-state index in [0.29, 0.717) is 29.7 Å². The third kappa shape index (κ3) is 4.50. The van der Waals surface area contributed by atoms with E-state index in [1.54, 1.807) is 0 Å². The molecule has 0 atom stereocenters. The van der Waals surface area contributed by atoms with Crippen molar-refractivity contribution in [3.63, 3.8) is 0 Å². The lowest BCUT2D eigenvalue weighted by atomic mass is 10.1. The molecule has 0 bridgehead atoms. The predicted octanol–water partition coefficient (Wildman–Crippen LogP) is 5.32. The maximum Gasteiger partial charge on any atom is 0.181 e. The lowest BCUT2D eigenvalue weighted by Crippen LogP contribution is -2.04. The SMILES string of the molecule is C#CCOc1c(Cl)cc(CNc2cccc(Cl)c2C)cc1OCC. The maximum absolute atomic E-state index is 6.32. The van der Waals surface area contributed by atoms with Gasteiger partial charge in [0.15, 0.2) is 11.5 Å². The van der Waals surface area contributed by atoms with E-state index in [1.807, 2.05) is 44.2 Å². The molecule has 1 N–H and O–H groups in total. The Morgan fingerprint density at radius 2 is 1.96 bits per heavy atom. The summed E-state index contributed by atoms with van der Waals surface area (Å²) in [6.07, 6.45) is 5.24. The molecule has 0 spiro atoms. The Hall–Kier alpha value is -2.02. The largest absolute Gasteiger partial charge is 0.490 e. The zero-order valence-corrected chi connectivity index (χ0v) is 15.2. The third-order valence-electron chi connectivity index (χ3n) is 3.42. The van der Waals surface area contributed by atoms with Crippen LogP contribution in [0.4, 0.5) is 5.69 Å². The molecule has 5 heteroatoms. The number of ether oxygens (including phenoxy) is 2. The van der Waals surface area contributed by atoms with Gasteiger partial charge in [-0.1, -0.05) is 35.2 Å². The molecule has 2 aromatic rings. The highest BCUT2D eigenvalue weighted by atomic mass is 35.5. The Labute approximate surface area is 152 Å². The molecular formula is C19H19Cl2NO2. The van der Waals surface area contributed by atoms with Crippen LogP contribution in [0.3, 0.4) is 0 Å². The number of benzene rings is 2. The Balaban J connectivity index is 2.21. The molecule has 0 fully saturated rings. The normalized spacial score (nSPS) is 10.1. The van der Waals surface area contributed by atoms with Crippen LogP contribution in [-0.2, 0) is 6.54 Å². The van der Waals surface area contributed by atoms with Crippen molar-refractivity contribution in [1.82, 2.24) is 0 Å². The maximum atomic E-state index is 6.32. The lowest BCUT2D eigenvalue weighted by Gasteiger charge is -2.15. The molecule has 0 aliphatic heterocycles. The van der Waals surface area contributed by atoms with Gasteiger partial charge in [-0.2, -0.15) is 0 Å². The number of nitrogens with one attached hydrogen (secondary N) is 1. The van der Waals surface area contributed by atoms with Gasteiger partial charge in [0.1, 0.15) is 6.61 Å². The van der Waals surface area contributed by atoms with Crippen LogP contribution in [0.15, 0.2) is 30.3 Å². The van der Waals surface area contributed by atoms with Gasteiger partial charge < -0.3 is 14.8 Å². The van der Waals surface area contributed by atoms with Crippen LogP contribution in [0.2, 0.25) is 10.0 Å². The van der Waals surface area contributed by atoms with Crippen LogP contribution in [0.5, 0.6) is 11.5 Å². The first kappa shape index (κ1) is 18.3. The summed E-state index contributed by atoms with van der Waals surface area (Å²) in [7, 11) is 0. The first-order valence-electron chi connectivity index (χ1n) is 7.57. The highest BCUT2D eigenvalue weighted by molar-refractivity contribution is 6.32. The molecule has 24 heavy (non-hydrogen) atoms. The quantitative estimate of drug-likeness (QED) is 0.674. The molecule has 0 unspecified atom stereocenters. The van der Waals surface area contributed by atoms with Crippen molar-refractivity contribution in [2.45, 2.75) is 20.4 Å². The summed E-state index contributed by atoms with van der Waals surface area (Å²) in [4.78, 5) is 0. The average Bonchev–Trinajstić information content (AvgIpc) is 2.56. The highest BCUT2D eigenvalue weighted by Gasteiger charge is 2.13. The molecule has 0 aromatic heterocycles. The van der Waals surface area contributed by atoms with Crippen molar-refractivity contribution in [1.29, 1.82) is 0 Å². The number of anilines is 1. The van der Waals surface area contributed by atoms with Crippen molar-refractivity contribution in [3.8, 4) is 23.8 Å². The van der Waals surface area contributed by atoms with E-state index in [-0.39, 0.29) is 6.61 Å². The van der Waals surface area contributed by atoms with Crippen LogP contribution in [0.25, 0.3) is 0 Å². The van der Waals surface area contributed by atoms with E-state index >= 15 is 0 Å². The second-order valence-electron chi connectivity index (χ2n) is 5.10. The minimum absolute atomic E-state index is 0.138. The van der Waals surface area contributed by atoms with Crippen molar-refractivity contribution in [2.24, 2.45) is 0 Å².